The van der Waals surface area contributed by atoms with Gasteiger partial charge < -0.3 is 19.1 Å². The summed E-state index contributed by atoms with van der Waals surface area (Å²) in [4.78, 5) is 43.2. The fourth-order valence-electron chi connectivity index (χ4n) is 2.93. The zero-order valence-corrected chi connectivity index (χ0v) is 19.3. The minimum atomic E-state index is -1.02. The number of aromatic amines is 1. The monoisotopic (exact) mass is 482 g/mol. The Bertz CT molecular complexity index is 1220. The van der Waals surface area contributed by atoms with Crippen LogP contribution in [0.2, 0.25) is 5.02 Å². The van der Waals surface area contributed by atoms with Gasteiger partial charge in [-0.05, 0) is 38.1 Å². The van der Waals surface area contributed by atoms with Crippen LogP contribution in [0.5, 0.6) is 5.75 Å². The number of ether oxygens (including phenoxy) is 2. The van der Waals surface area contributed by atoms with E-state index in [9.17, 15) is 19.5 Å². The Morgan fingerprint density at radius 1 is 1.31 bits per heavy atom. The first-order chi connectivity index (χ1) is 15.2. The number of carbonyl (C=O) groups excluding carboxylic acids is 1. The smallest absolute Gasteiger partial charge is 0.329 e. The lowest BCUT2D eigenvalue weighted by Crippen LogP contribution is -2.31. The number of imidazole rings is 1. The summed E-state index contributed by atoms with van der Waals surface area (Å²) in [7, 11) is 1.47. The lowest BCUT2D eigenvalue weighted by Gasteiger charge is -2.16. The standard InChI is InChI=1S/C20H23ClN4O6S/c1-4-30-18(28)11(2)32-20-22-16-15(17(27)23-19(29)24(16)3)25(20)9-13(26)10-31-14-7-5-12(21)6-8-14/h5-8,11,13,26H,4,9-10H2,1-3H3,(H,23,27,29). The molecule has 0 spiro atoms. The Kier molecular flexibility index (Phi) is 7.64. The molecule has 0 fully saturated rings. The van der Waals surface area contributed by atoms with E-state index in [2.05, 4.69) is 9.97 Å². The van der Waals surface area contributed by atoms with Gasteiger partial charge in [0.05, 0.1) is 13.2 Å². The van der Waals surface area contributed by atoms with Crippen LogP contribution in [-0.2, 0) is 23.1 Å². The van der Waals surface area contributed by atoms with Crippen molar-refractivity contribution in [2.45, 2.75) is 36.9 Å². The van der Waals surface area contributed by atoms with Gasteiger partial charge in [-0.1, -0.05) is 23.4 Å². The highest BCUT2D eigenvalue weighted by Gasteiger charge is 2.24. The zero-order valence-electron chi connectivity index (χ0n) is 17.7. The molecule has 2 aromatic heterocycles. The van der Waals surface area contributed by atoms with E-state index < -0.39 is 28.6 Å². The van der Waals surface area contributed by atoms with Gasteiger partial charge in [-0.15, -0.1) is 0 Å². The molecule has 0 radical (unpaired) electrons. The SMILES string of the molecule is CCOC(=O)C(C)Sc1nc2c(c(=O)[nH]c(=O)n2C)n1CC(O)COc1ccc(Cl)cc1. The first-order valence-corrected chi connectivity index (χ1v) is 11.1. The number of benzene rings is 1. The number of nitrogens with zero attached hydrogens (tertiary/aromatic N) is 3. The Morgan fingerprint density at radius 2 is 2.00 bits per heavy atom. The van der Waals surface area contributed by atoms with E-state index in [1.165, 1.54) is 16.2 Å². The van der Waals surface area contributed by atoms with E-state index >= 15 is 0 Å². The van der Waals surface area contributed by atoms with Crippen LogP contribution in [0.4, 0.5) is 0 Å². The lowest BCUT2D eigenvalue weighted by atomic mass is 10.3. The molecule has 2 atom stereocenters. The van der Waals surface area contributed by atoms with Crippen molar-refractivity contribution in [3.05, 3.63) is 50.1 Å². The number of thioether (sulfide) groups is 1. The number of H-pyrrole nitrogens is 1. The van der Waals surface area contributed by atoms with E-state index in [4.69, 9.17) is 21.1 Å². The van der Waals surface area contributed by atoms with Gasteiger partial charge in [-0.2, -0.15) is 0 Å². The topological polar surface area (TPSA) is 128 Å². The number of aromatic nitrogens is 4. The second-order valence-electron chi connectivity index (χ2n) is 6.93. The maximum Gasteiger partial charge on any atom is 0.329 e. The number of aliphatic hydroxyl groups is 1. The van der Waals surface area contributed by atoms with Gasteiger partial charge in [-0.3, -0.25) is 19.1 Å². The summed E-state index contributed by atoms with van der Waals surface area (Å²) in [6.07, 6.45) is -1.02. The van der Waals surface area contributed by atoms with Gasteiger partial charge in [0.15, 0.2) is 16.3 Å². The normalized spacial score (nSPS) is 13.2. The molecule has 10 nitrogen and oxygen atoms in total. The van der Waals surface area contributed by atoms with Gasteiger partial charge in [0.2, 0.25) is 0 Å². The molecule has 2 unspecified atom stereocenters. The van der Waals surface area contributed by atoms with E-state index in [-0.39, 0.29) is 36.1 Å². The number of esters is 1. The predicted octanol–water partition coefficient (Wildman–Crippen LogP) is 1.56. The van der Waals surface area contributed by atoms with Crippen LogP contribution in [0.1, 0.15) is 13.8 Å². The van der Waals surface area contributed by atoms with E-state index in [0.717, 1.165) is 11.8 Å². The molecule has 0 aliphatic carbocycles. The van der Waals surface area contributed by atoms with Crippen LogP contribution in [-0.4, -0.2) is 54.7 Å². The number of hydrogen-bond acceptors (Lipinski definition) is 8. The third-order valence-electron chi connectivity index (χ3n) is 4.52. The van der Waals surface area contributed by atoms with Crippen molar-refractivity contribution in [3.63, 3.8) is 0 Å². The van der Waals surface area contributed by atoms with Crippen molar-refractivity contribution < 1.29 is 19.4 Å². The first kappa shape index (κ1) is 23.9. The number of halogens is 1. The molecule has 172 valence electrons. The maximum atomic E-state index is 12.5. The second-order valence-corrected chi connectivity index (χ2v) is 8.67. The molecule has 2 heterocycles. The number of aryl methyl sites for hydroxylation is 1. The highest BCUT2D eigenvalue weighted by Crippen LogP contribution is 2.26. The van der Waals surface area contributed by atoms with Crippen molar-refractivity contribution in [3.8, 4) is 5.75 Å². The third kappa shape index (κ3) is 5.34. The molecule has 0 bridgehead atoms. The number of aliphatic hydroxyl groups excluding tert-OH is 1. The molecular weight excluding hydrogens is 460 g/mol. The Morgan fingerprint density at radius 3 is 2.66 bits per heavy atom. The molecule has 0 saturated carbocycles. The Balaban J connectivity index is 1.91. The maximum absolute atomic E-state index is 12.5. The summed E-state index contributed by atoms with van der Waals surface area (Å²) in [6, 6.07) is 6.67. The van der Waals surface area contributed by atoms with Crippen molar-refractivity contribution in [2.75, 3.05) is 13.2 Å². The summed E-state index contributed by atoms with van der Waals surface area (Å²) in [5.74, 6) is 0.0836. The second kappa shape index (κ2) is 10.2. The van der Waals surface area contributed by atoms with Gasteiger partial charge in [-0.25, -0.2) is 9.78 Å². The highest BCUT2D eigenvalue weighted by molar-refractivity contribution is 8.00. The van der Waals surface area contributed by atoms with Crippen LogP contribution in [0.3, 0.4) is 0 Å². The zero-order chi connectivity index (χ0) is 23.4. The lowest BCUT2D eigenvalue weighted by molar-refractivity contribution is -0.142. The van der Waals surface area contributed by atoms with E-state index in [1.807, 2.05) is 0 Å². The van der Waals surface area contributed by atoms with Gasteiger partial charge >= 0.3 is 11.7 Å². The number of rotatable bonds is 9. The fraction of sp³-hybridized carbons (Fsp3) is 0.400. The number of fused-ring (bicyclic) bond motifs is 1. The Hall–Kier alpha value is -2.76. The molecule has 0 aliphatic heterocycles. The third-order valence-corrected chi connectivity index (χ3v) is 5.84. The van der Waals surface area contributed by atoms with Crippen LogP contribution in [0.25, 0.3) is 11.2 Å². The predicted molar refractivity (Wildman–Crippen MR) is 121 cm³/mol. The fourth-order valence-corrected chi connectivity index (χ4v) is 3.97. The molecule has 3 rings (SSSR count). The first-order valence-electron chi connectivity index (χ1n) is 9.80. The Labute approximate surface area is 192 Å². The minimum absolute atomic E-state index is 0.0523. The van der Waals surface area contributed by atoms with Crippen molar-refractivity contribution in [2.24, 2.45) is 7.05 Å². The molecule has 2 N–H and O–H groups in total. The van der Waals surface area contributed by atoms with Crippen molar-refractivity contribution in [1.82, 2.24) is 19.1 Å². The summed E-state index contributed by atoms with van der Waals surface area (Å²) in [5, 5.41) is 10.8. The van der Waals surface area contributed by atoms with Gasteiger partial charge in [0, 0.05) is 12.1 Å². The molecule has 0 aliphatic rings. The number of nitrogens with one attached hydrogen (secondary N) is 1. The highest BCUT2D eigenvalue weighted by atomic mass is 35.5. The summed E-state index contributed by atoms with van der Waals surface area (Å²) in [6.45, 7) is 3.47. The van der Waals surface area contributed by atoms with Crippen LogP contribution in [0.15, 0.2) is 39.0 Å². The molecule has 32 heavy (non-hydrogen) atoms. The number of carbonyl (C=O) groups is 1. The molecule has 0 saturated heterocycles. The number of hydrogen-bond donors (Lipinski definition) is 2. The molecule has 1 aromatic carbocycles. The average Bonchev–Trinajstić information content (AvgIpc) is 3.10. The molecular formula is C20H23ClN4O6S. The van der Waals surface area contributed by atoms with Gasteiger partial charge in [0.1, 0.15) is 23.7 Å². The molecule has 3 aromatic rings. The summed E-state index contributed by atoms with van der Waals surface area (Å²) in [5.41, 5.74) is -1.01. The van der Waals surface area contributed by atoms with E-state index in [1.54, 1.807) is 38.1 Å². The van der Waals surface area contributed by atoms with Crippen LogP contribution < -0.4 is 16.0 Å². The quantitative estimate of drug-likeness (QED) is 0.347. The van der Waals surface area contributed by atoms with E-state index in [0.29, 0.717) is 10.8 Å². The molecule has 0 amide bonds. The summed E-state index contributed by atoms with van der Waals surface area (Å²) < 4.78 is 13.3. The van der Waals surface area contributed by atoms with Crippen molar-refractivity contribution in [1.29, 1.82) is 0 Å². The minimum Gasteiger partial charge on any atom is -0.491 e. The van der Waals surface area contributed by atoms with Gasteiger partial charge in [0.25, 0.3) is 5.56 Å². The van der Waals surface area contributed by atoms with Crippen LogP contribution in [0, 0.1) is 0 Å². The summed E-state index contributed by atoms with van der Waals surface area (Å²) >= 11 is 6.92. The van der Waals surface area contributed by atoms with Crippen molar-refractivity contribution >= 4 is 40.5 Å². The largest absolute Gasteiger partial charge is 0.491 e. The van der Waals surface area contributed by atoms with Crippen LogP contribution >= 0.6 is 23.4 Å². The average molecular weight is 483 g/mol. The molecule has 12 heteroatoms.